The van der Waals surface area contributed by atoms with Gasteiger partial charge in [0.1, 0.15) is 11.5 Å². The van der Waals surface area contributed by atoms with E-state index in [2.05, 4.69) is 0 Å². The lowest BCUT2D eigenvalue weighted by atomic mass is 9.95. The Kier molecular flexibility index (Phi) is 4.75. The number of rotatable bonds is 5. The van der Waals surface area contributed by atoms with E-state index in [1.54, 1.807) is 38.5 Å². The molecule has 0 spiro atoms. The van der Waals surface area contributed by atoms with Crippen molar-refractivity contribution in [2.75, 3.05) is 20.0 Å². The Balaban J connectivity index is 2.17. The molecule has 0 aromatic heterocycles. The van der Waals surface area contributed by atoms with Gasteiger partial charge in [0.2, 0.25) is 0 Å². The van der Waals surface area contributed by atoms with Gasteiger partial charge in [0.25, 0.3) is 5.69 Å². The molecule has 3 rings (SSSR count). The molecule has 0 saturated carbocycles. The highest BCUT2D eigenvalue weighted by Crippen LogP contribution is 2.39. The van der Waals surface area contributed by atoms with Crippen LogP contribution in [0.1, 0.15) is 0 Å². The van der Waals surface area contributed by atoms with Crippen molar-refractivity contribution in [1.82, 2.24) is 0 Å². The predicted octanol–water partition coefficient (Wildman–Crippen LogP) is 4.53. The van der Waals surface area contributed by atoms with Crippen LogP contribution in [-0.2, 0) is 0 Å². The van der Waals surface area contributed by atoms with Gasteiger partial charge in [0.05, 0.1) is 19.1 Å². The van der Waals surface area contributed by atoms with Crippen molar-refractivity contribution >= 4 is 11.4 Å². The maximum Gasteiger partial charge on any atom is 0.270 e. The average Bonchev–Trinajstić information content (AvgIpc) is 2.68. The van der Waals surface area contributed by atoms with Gasteiger partial charge in [-0.1, -0.05) is 24.3 Å². The smallest absolute Gasteiger partial charge is 0.270 e. The lowest BCUT2D eigenvalue weighted by Crippen LogP contribution is -1.98. The highest BCUT2D eigenvalue weighted by molar-refractivity contribution is 5.91. The molecule has 0 aliphatic heterocycles. The fourth-order valence-corrected chi connectivity index (χ4v) is 2.76. The SMILES string of the molecule is COc1ccc(-c2cc([N+](=O)[O-])cc(-c3ccc(OC)cc3)c2N)cc1. The van der Waals surface area contributed by atoms with Crippen molar-refractivity contribution in [1.29, 1.82) is 0 Å². The van der Waals surface area contributed by atoms with Crippen molar-refractivity contribution in [2.45, 2.75) is 0 Å². The molecule has 6 nitrogen and oxygen atoms in total. The number of nitrogens with zero attached hydrogens (tertiary/aromatic N) is 1. The lowest BCUT2D eigenvalue weighted by molar-refractivity contribution is -0.384. The maximum atomic E-state index is 11.4. The molecule has 0 atom stereocenters. The highest BCUT2D eigenvalue weighted by atomic mass is 16.6. The zero-order valence-electron chi connectivity index (χ0n) is 14.4. The second kappa shape index (κ2) is 7.14. The van der Waals surface area contributed by atoms with Crippen LogP contribution in [0.3, 0.4) is 0 Å². The van der Waals surface area contributed by atoms with Crippen LogP contribution < -0.4 is 15.2 Å². The molecule has 0 aliphatic rings. The number of hydrogen-bond donors (Lipinski definition) is 1. The molecule has 3 aromatic rings. The second-order valence-electron chi connectivity index (χ2n) is 5.67. The van der Waals surface area contributed by atoms with Crippen molar-refractivity contribution in [3.8, 4) is 33.8 Å². The number of hydrogen-bond acceptors (Lipinski definition) is 5. The molecular formula is C20H18N2O4. The molecule has 0 bridgehead atoms. The Hall–Kier alpha value is -3.54. The number of anilines is 1. The van der Waals surface area contributed by atoms with Crippen LogP contribution in [0.2, 0.25) is 0 Å². The highest BCUT2D eigenvalue weighted by Gasteiger charge is 2.17. The summed E-state index contributed by atoms with van der Waals surface area (Å²) >= 11 is 0. The minimum absolute atomic E-state index is 0.0177. The van der Waals surface area contributed by atoms with Crippen LogP contribution >= 0.6 is 0 Å². The monoisotopic (exact) mass is 350 g/mol. The number of methoxy groups -OCH3 is 2. The van der Waals surface area contributed by atoms with E-state index in [0.29, 0.717) is 28.3 Å². The van der Waals surface area contributed by atoms with Gasteiger partial charge in [-0.25, -0.2) is 0 Å². The Morgan fingerprint density at radius 1 is 0.808 bits per heavy atom. The third-order valence-electron chi connectivity index (χ3n) is 4.18. The quantitative estimate of drug-likeness (QED) is 0.415. The summed E-state index contributed by atoms with van der Waals surface area (Å²) in [4.78, 5) is 11.0. The molecule has 2 N–H and O–H groups in total. The van der Waals surface area contributed by atoms with Gasteiger partial charge < -0.3 is 15.2 Å². The molecule has 6 heteroatoms. The minimum Gasteiger partial charge on any atom is -0.497 e. The number of nitro benzene ring substituents is 1. The normalized spacial score (nSPS) is 10.4. The predicted molar refractivity (Wildman–Crippen MR) is 101 cm³/mol. The Labute approximate surface area is 150 Å². The van der Waals surface area contributed by atoms with E-state index >= 15 is 0 Å². The first-order chi connectivity index (χ1) is 12.5. The van der Waals surface area contributed by atoms with E-state index in [9.17, 15) is 10.1 Å². The van der Waals surface area contributed by atoms with Gasteiger partial charge in [0.15, 0.2) is 0 Å². The van der Waals surface area contributed by atoms with Crippen LogP contribution in [0, 0.1) is 10.1 Å². The summed E-state index contributed by atoms with van der Waals surface area (Å²) in [5, 5.41) is 11.4. The molecule has 0 heterocycles. The molecule has 132 valence electrons. The first kappa shape index (κ1) is 17.3. The minimum atomic E-state index is -0.417. The zero-order chi connectivity index (χ0) is 18.7. The number of nitrogen functional groups attached to an aromatic ring is 1. The fourth-order valence-electron chi connectivity index (χ4n) is 2.76. The van der Waals surface area contributed by atoms with Crippen LogP contribution in [-0.4, -0.2) is 19.1 Å². The van der Waals surface area contributed by atoms with Gasteiger partial charge in [-0.3, -0.25) is 10.1 Å². The van der Waals surface area contributed by atoms with E-state index in [0.717, 1.165) is 11.1 Å². The first-order valence-electron chi connectivity index (χ1n) is 7.90. The van der Waals surface area contributed by atoms with Crippen molar-refractivity contribution in [3.63, 3.8) is 0 Å². The van der Waals surface area contributed by atoms with E-state index in [1.165, 1.54) is 12.1 Å². The molecule has 0 amide bonds. The average molecular weight is 350 g/mol. The first-order valence-corrected chi connectivity index (χ1v) is 7.90. The zero-order valence-corrected chi connectivity index (χ0v) is 14.4. The summed E-state index contributed by atoms with van der Waals surface area (Å²) < 4.78 is 10.3. The van der Waals surface area contributed by atoms with Gasteiger partial charge >= 0.3 is 0 Å². The largest absolute Gasteiger partial charge is 0.497 e. The molecule has 3 aromatic carbocycles. The lowest BCUT2D eigenvalue weighted by Gasteiger charge is -2.13. The molecule has 0 radical (unpaired) electrons. The number of nitro groups is 1. The molecular weight excluding hydrogens is 332 g/mol. The van der Waals surface area contributed by atoms with E-state index in [-0.39, 0.29) is 5.69 Å². The Bertz CT molecular complexity index is 867. The van der Waals surface area contributed by atoms with Gasteiger partial charge in [0, 0.05) is 28.9 Å². The third kappa shape index (κ3) is 3.30. The molecule has 0 aliphatic carbocycles. The molecule has 0 unspecified atom stereocenters. The Morgan fingerprint density at radius 3 is 1.50 bits per heavy atom. The van der Waals surface area contributed by atoms with E-state index in [1.807, 2.05) is 24.3 Å². The van der Waals surface area contributed by atoms with Gasteiger partial charge in [-0.05, 0) is 35.4 Å². The second-order valence-corrected chi connectivity index (χ2v) is 5.67. The summed E-state index contributed by atoms with van der Waals surface area (Å²) in [5.74, 6) is 1.40. The summed E-state index contributed by atoms with van der Waals surface area (Å²) in [6.45, 7) is 0. The van der Waals surface area contributed by atoms with E-state index in [4.69, 9.17) is 15.2 Å². The third-order valence-corrected chi connectivity index (χ3v) is 4.18. The van der Waals surface area contributed by atoms with Crippen LogP contribution in [0.25, 0.3) is 22.3 Å². The summed E-state index contributed by atoms with van der Waals surface area (Å²) in [5.41, 5.74) is 9.60. The van der Waals surface area contributed by atoms with Crippen LogP contribution in [0.15, 0.2) is 60.7 Å². The van der Waals surface area contributed by atoms with Crippen LogP contribution in [0.5, 0.6) is 11.5 Å². The Morgan fingerprint density at radius 2 is 1.19 bits per heavy atom. The maximum absolute atomic E-state index is 11.4. The van der Waals surface area contributed by atoms with Crippen LogP contribution in [0.4, 0.5) is 11.4 Å². The fraction of sp³-hybridized carbons (Fsp3) is 0.100. The standard InChI is InChI=1S/C20H18N2O4/c1-25-16-7-3-13(4-8-16)18-11-15(22(23)24)12-19(20(18)21)14-5-9-17(26-2)10-6-14/h3-12H,21H2,1-2H3. The number of nitrogens with two attached hydrogens (primary N) is 1. The van der Waals surface area contributed by atoms with E-state index < -0.39 is 4.92 Å². The molecule has 0 fully saturated rings. The number of ether oxygens (including phenoxy) is 2. The summed E-state index contributed by atoms with van der Waals surface area (Å²) in [6, 6.07) is 17.5. The van der Waals surface area contributed by atoms with Crippen molar-refractivity contribution in [3.05, 3.63) is 70.8 Å². The van der Waals surface area contributed by atoms with Gasteiger partial charge in [-0.15, -0.1) is 0 Å². The van der Waals surface area contributed by atoms with Gasteiger partial charge in [-0.2, -0.15) is 0 Å². The number of benzene rings is 3. The van der Waals surface area contributed by atoms with Crippen molar-refractivity contribution < 1.29 is 14.4 Å². The summed E-state index contributed by atoms with van der Waals surface area (Å²) in [7, 11) is 3.16. The summed E-state index contributed by atoms with van der Waals surface area (Å²) in [6.07, 6.45) is 0. The molecule has 26 heavy (non-hydrogen) atoms. The molecule has 0 saturated heterocycles. The van der Waals surface area contributed by atoms with Crippen molar-refractivity contribution in [2.24, 2.45) is 0 Å². The topological polar surface area (TPSA) is 87.6 Å². The number of non-ortho nitro benzene ring substituents is 1.